The van der Waals surface area contributed by atoms with E-state index in [4.69, 9.17) is 21.1 Å². The number of methoxy groups -OCH3 is 2. The molecule has 6 nitrogen and oxygen atoms in total. The number of amides is 1. The highest BCUT2D eigenvalue weighted by molar-refractivity contribution is 6.32. The van der Waals surface area contributed by atoms with Crippen molar-refractivity contribution in [3.63, 3.8) is 0 Å². The summed E-state index contributed by atoms with van der Waals surface area (Å²) in [5, 5.41) is 5.75. The fourth-order valence-electron chi connectivity index (χ4n) is 2.14. The highest BCUT2D eigenvalue weighted by Gasteiger charge is 2.13. The number of ether oxygens (including phenoxy) is 3. The maximum absolute atomic E-state index is 12.4. The van der Waals surface area contributed by atoms with Crippen molar-refractivity contribution >= 4 is 28.9 Å². The first-order chi connectivity index (χ1) is 12.4. The lowest BCUT2D eigenvalue weighted by Gasteiger charge is -2.15. The van der Waals surface area contributed by atoms with Crippen LogP contribution >= 0.6 is 11.6 Å². The number of anilines is 2. The van der Waals surface area contributed by atoms with Crippen molar-refractivity contribution in [1.82, 2.24) is 0 Å². The summed E-state index contributed by atoms with van der Waals surface area (Å²) in [5.74, 6) is 0.240. The number of alkyl halides is 2. The lowest BCUT2D eigenvalue weighted by atomic mass is 10.2. The van der Waals surface area contributed by atoms with E-state index in [1.54, 1.807) is 18.2 Å². The van der Waals surface area contributed by atoms with Crippen molar-refractivity contribution in [2.75, 3.05) is 31.4 Å². The first-order valence-electron chi connectivity index (χ1n) is 7.43. The molecule has 0 atom stereocenters. The van der Waals surface area contributed by atoms with Gasteiger partial charge in [0.1, 0.15) is 17.2 Å². The first kappa shape index (κ1) is 19.6. The monoisotopic (exact) mass is 386 g/mol. The zero-order valence-electron chi connectivity index (χ0n) is 14.0. The third-order valence-electron chi connectivity index (χ3n) is 3.29. The van der Waals surface area contributed by atoms with Crippen molar-refractivity contribution in [1.29, 1.82) is 0 Å². The molecule has 140 valence electrons. The summed E-state index contributed by atoms with van der Waals surface area (Å²) in [6.45, 7) is -3.14. The highest BCUT2D eigenvalue weighted by Crippen LogP contribution is 2.35. The molecule has 0 aromatic heterocycles. The van der Waals surface area contributed by atoms with E-state index in [0.29, 0.717) is 22.2 Å². The topological polar surface area (TPSA) is 68.8 Å². The van der Waals surface area contributed by atoms with Crippen molar-refractivity contribution < 1.29 is 27.8 Å². The van der Waals surface area contributed by atoms with Crippen LogP contribution in [0.5, 0.6) is 17.2 Å². The molecular weight excluding hydrogens is 370 g/mol. The maximum Gasteiger partial charge on any atom is 0.387 e. The Morgan fingerprint density at radius 1 is 1.08 bits per heavy atom. The van der Waals surface area contributed by atoms with Gasteiger partial charge in [-0.1, -0.05) is 23.7 Å². The standard InChI is InChI=1S/C17H17ClF2N2O4/c1-24-14-8-12(15(25-2)7-10(14)18)21-9-16(23)22-11-5-3-4-6-13(11)26-17(19)20/h3-8,17,21H,9H2,1-2H3,(H,22,23). The van der Waals surface area contributed by atoms with E-state index in [1.807, 2.05) is 0 Å². The van der Waals surface area contributed by atoms with E-state index in [0.717, 1.165) is 0 Å². The van der Waals surface area contributed by atoms with Crippen LogP contribution in [0.15, 0.2) is 36.4 Å². The number of carbonyl (C=O) groups is 1. The zero-order valence-corrected chi connectivity index (χ0v) is 14.8. The highest BCUT2D eigenvalue weighted by atomic mass is 35.5. The Kier molecular flexibility index (Phi) is 6.85. The predicted octanol–water partition coefficient (Wildman–Crippen LogP) is 4.01. The van der Waals surface area contributed by atoms with Crippen LogP contribution in [0.2, 0.25) is 5.02 Å². The van der Waals surface area contributed by atoms with Gasteiger partial charge in [0.25, 0.3) is 0 Å². The van der Waals surface area contributed by atoms with Gasteiger partial charge in [-0.25, -0.2) is 0 Å². The summed E-state index contributed by atoms with van der Waals surface area (Å²) >= 11 is 6.02. The van der Waals surface area contributed by atoms with Gasteiger partial charge >= 0.3 is 6.61 Å². The van der Waals surface area contributed by atoms with Crippen molar-refractivity contribution in [3.05, 3.63) is 41.4 Å². The summed E-state index contributed by atoms with van der Waals surface area (Å²) in [7, 11) is 2.92. The van der Waals surface area contributed by atoms with Crippen LogP contribution in [0, 0.1) is 0 Å². The summed E-state index contributed by atoms with van der Waals surface area (Å²) in [4.78, 5) is 12.1. The van der Waals surface area contributed by atoms with Gasteiger partial charge < -0.3 is 24.8 Å². The van der Waals surface area contributed by atoms with E-state index < -0.39 is 12.5 Å². The molecule has 2 aromatic carbocycles. The second kappa shape index (κ2) is 9.10. The average molecular weight is 387 g/mol. The summed E-state index contributed by atoms with van der Waals surface area (Å²) < 4.78 is 39.5. The van der Waals surface area contributed by atoms with Crippen molar-refractivity contribution in [3.8, 4) is 17.2 Å². The average Bonchev–Trinajstić information content (AvgIpc) is 2.61. The van der Waals surface area contributed by atoms with E-state index >= 15 is 0 Å². The summed E-state index contributed by atoms with van der Waals surface area (Å²) in [6, 6.07) is 9.05. The Morgan fingerprint density at radius 2 is 1.77 bits per heavy atom. The molecule has 0 heterocycles. The fourth-order valence-corrected chi connectivity index (χ4v) is 2.37. The second-order valence-electron chi connectivity index (χ2n) is 4.96. The van der Waals surface area contributed by atoms with Gasteiger partial charge in [0, 0.05) is 12.1 Å². The third kappa shape index (κ3) is 5.13. The number of hydrogen-bond acceptors (Lipinski definition) is 5. The molecule has 0 spiro atoms. The molecule has 0 saturated heterocycles. The molecule has 0 unspecified atom stereocenters. The lowest BCUT2D eigenvalue weighted by molar-refractivity contribution is -0.114. The largest absolute Gasteiger partial charge is 0.495 e. The smallest absolute Gasteiger partial charge is 0.387 e. The zero-order chi connectivity index (χ0) is 19.1. The van der Waals surface area contributed by atoms with Gasteiger partial charge in [-0.3, -0.25) is 4.79 Å². The van der Waals surface area contributed by atoms with Crippen LogP contribution < -0.4 is 24.8 Å². The van der Waals surface area contributed by atoms with Gasteiger partial charge in [0.2, 0.25) is 5.91 Å². The first-order valence-corrected chi connectivity index (χ1v) is 7.81. The SMILES string of the molecule is COc1cc(NCC(=O)Nc2ccccc2OC(F)F)c(OC)cc1Cl. The Bertz CT molecular complexity index is 774. The van der Waals surface area contributed by atoms with Crippen LogP contribution in [0.25, 0.3) is 0 Å². The molecule has 2 rings (SSSR count). The van der Waals surface area contributed by atoms with Gasteiger partial charge in [0.15, 0.2) is 0 Å². The Labute approximate surface area is 154 Å². The minimum Gasteiger partial charge on any atom is -0.495 e. The summed E-state index contributed by atoms with van der Waals surface area (Å²) in [6.07, 6.45) is 0. The molecule has 9 heteroatoms. The van der Waals surface area contributed by atoms with Crippen LogP contribution in [0.1, 0.15) is 0 Å². The molecule has 2 aromatic rings. The van der Waals surface area contributed by atoms with Crippen LogP contribution in [-0.4, -0.2) is 33.3 Å². The molecule has 2 N–H and O–H groups in total. The maximum atomic E-state index is 12.4. The number of para-hydroxylation sites is 2. The van der Waals surface area contributed by atoms with Crippen molar-refractivity contribution in [2.45, 2.75) is 6.61 Å². The Balaban J connectivity index is 2.06. The minimum absolute atomic E-state index is 0.124. The Hall–Kier alpha value is -2.74. The number of carbonyl (C=O) groups excluding carboxylic acids is 1. The van der Waals surface area contributed by atoms with Crippen LogP contribution in [0.3, 0.4) is 0 Å². The number of benzene rings is 2. The lowest BCUT2D eigenvalue weighted by Crippen LogP contribution is -2.22. The van der Waals surface area contributed by atoms with Gasteiger partial charge in [0.05, 0.1) is 37.2 Å². The number of halogens is 3. The number of hydrogen-bond donors (Lipinski definition) is 2. The fraction of sp³-hybridized carbons (Fsp3) is 0.235. The van der Waals surface area contributed by atoms with E-state index in [-0.39, 0.29) is 18.0 Å². The predicted molar refractivity (Wildman–Crippen MR) is 94.7 cm³/mol. The molecule has 0 aliphatic heterocycles. The molecule has 1 amide bonds. The second-order valence-corrected chi connectivity index (χ2v) is 5.37. The quantitative estimate of drug-likeness (QED) is 0.717. The molecule has 0 radical (unpaired) electrons. The van der Waals surface area contributed by atoms with Crippen LogP contribution in [0.4, 0.5) is 20.2 Å². The Morgan fingerprint density at radius 3 is 2.42 bits per heavy atom. The minimum atomic E-state index is -2.99. The normalized spacial score (nSPS) is 10.4. The third-order valence-corrected chi connectivity index (χ3v) is 3.59. The number of rotatable bonds is 8. The van der Waals surface area contributed by atoms with Crippen molar-refractivity contribution in [2.24, 2.45) is 0 Å². The summed E-state index contributed by atoms with van der Waals surface area (Å²) in [5.41, 5.74) is 0.626. The van der Waals surface area contributed by atoms with Crippen LogP contribution in [-0.2, 0) is 4.79 Å². The molecule has 0 saturated carbocycles. The molecule has 0 bridgehead atoms. The molecule has 0 fully saturated rings. The van der Waals surface area contributed by atoms with Gasteiger partial charge in [-0.15, -0.1) is 0 Å². The number of nitrogens with one attached hydrogen (secondary N) is 2. The van der Waals surface area contributed by atoms with E-state index in [9.17, 15) is 13.6 Å². The van der Waals surface area contributed by atoms with E-state index in [1.165, 1.54) is 32.4 Å². The van der Waals surface area contributed by atoms with E-state index in [2.05, 4.69) is 15.4 Å². The molecular formula is C17H17ClF2N2O4. The van der Waals surface area contributed by atoms with Gasteiger partial charge in [-0.05, 0) is 12.1 Å². The molecule has 0 aliphatic carbocycles. The van der Waals surface area contributed by atoms with Gasteiger partial charge in [-0.2, -0.15) is 8.78 Å². The molecule has 0 aliphatic rings. The molecule has 26 heavy (non-hydrogen) atoms.